The molecule has 0 spiro atoms. The summed E-state index contributed by atoms with van der Waals surface area (Å²) in [6, 6.07) is 7.02. The van der Waals surface area contributed by atoms with Crippen LogP contribution in [0.4, 0.5) is 0 Å². The van der Waals surface area contributed by atoms with Gasteiger partial charge >= 0.3 is 0 Å². The molecule has 0 saturated heterocycles. The van der Waals surface area contributed by atoms with Gasteiger partial charge in [0.2, 0.25) is 0 Å². The van der Waals surface area contributed by atoms with Crippen molar-refractivity contribution in [3.8, 4) is 16.9 Å². The summed E-state index contributed by atoms with van der Waals surface area (Å²) in [4.78, 5) is 0. The molecule has 14 heavy (non-hydrogen) atoms. The van der Waals surface area contributed by atoms with Crippen molar-refractivity contribution in [1.29, 1.82) is 5.26 Å². The van der Waals surface area contributed by atoms with Crippen molar-refractivity contribution in [2.24, 2.45) is 0 Å². The van der Waals surface area contributed by atoms with E-state index in [0.717, 1.165) is 10.1 Å². The molecule has 0 aliphatic rings. The van der Waals surface area contributed by atoms with E-state index in [2.05, 4.69) is 6.07 Å². The van der Waals surface area contributed by atoms with Crippen LogP contribution in [0, 0.1) is 11.3 Å². The van der Waals surface area contributed by atoms with Gasteiger partial charge in [0.15, 0.2) is 5.06 Å². The molecule has 1 aromatic heterocycles. The van der Waals surface area contributed by atoms with Gasteiger partial charge in [-0.15, -0.1) is 0 Å². The maximum atomic E-state index is 9.29. The van der Waals surface area contributed by atoms with Crippen LogP contribution in [0.1, 0.15) is 5.56 Å². The SMILES string of the molecule is COc1sc2ccc(O)cc2c1C#N. The minimum absolute atomic E-state index is 0.162. The molecule has 2 aromatic rings. The first kappa shape index (κ1) is 8.85. The molecular weight excluding hydrogens is 198 g/mol. The molecule has 0 aliphatic heterocycles. The smallest absolute Gasteiger partial charge is 0.192 e. The molecule has 0 bridgehead atoms. The standard InChI is InChI=1S/C10H7NO2S/c1-13-10-8(5-11)7-4-6(12)2-3-9(7)14-10/h2-4,12H,1H3. The molecule has 1 N–H and O–H groups in total. The minimum atomic E-state index is 0.162. The van der Waals surface area contributed by atoms with Crippen molar-refractivity contribution < 1.29 is 9.84 Å². The van der Waals surface area contributed by atoms with Crippen molar-refractivity contribution >= 4 is 21.4 Å². The lowest BCUT2D eigenvalue weighted by Crippen LogP contribution is -1.80. The molecule has 2 rings (SSSR count). The highest BCUT2D eigenvalue weighted by Crippen LogP contribution is 2.38. The fourth-order valence-electron chi connectivity index (χ4n) is 1.31. The highest BCUT2D eigenvalue weighted by molar-refractivity contribution is 7.21. The van der Waals surface area contributed by atoms with Crippen LogP contribution in [0.15, 0.2) is 18.2 Å². The molecule has 0 atom stereocenters. The third kappa shape index (κ3) is 1.19. The number of hydrogen-bond donors (Lipinski definition) is 1. The van der Waals surface area contributed by atoms with E-state index >= 15 is 0 Å². The fraction of sp³-hybridized carbons (Fsp3) is 0.100. The van der Waals surface area contributed by atoms with Crippen LogP contribution >= 0.6 is 11.3 Å². The second kappa shape index (κ2) is 3.20. The Labute approximate surface area is 84.8 Å². The van der Waals surface area contributed by atoms with Gasteiger partial charge < -0.3 is 9.84 Å². The normalized spacial score (nSPS) is 10.0. The third-order valence-corrected chi connectivity index (χ3v) is 3.07. The summed E-state index contributed by atoms with van der Waals surface area (Å²) in [6.07, 6.45) is 0. The Hall–Kier alpha value is -1.73. The predicted molar refractivity (Wildman–Crippen MR) is 54.8 cm³/mol. The van der Waals surface area contributed by atoms with E-state index in [9.17, 15) is 5.11 Å². The molecule has 0 aliphatic carbocycles. The Morgan fingerprint density at radius 1 is 1.50 bits per heavy atom. The zero-order valence-corrected chi connectivity index (χ0v) is 8.26. The summed E-state index contributed by atoms with van der Waals surface area (Å²) >= 11 is 1.40. The van der Waals surface area contributed by atoms with Crippen LogP contribution in [0.5, 0.6) is 10.8 Å². The summed E-state index contributed by atoms with van der Waals surface area (Å²) in [5.41, 5.74) is 0.489. The maximum Gasteiger partial charge on any atom is 0.192 e. The molecule has 0 saturated carbocycles. The summed E-state index contributed by atoms with van der Waals surface area (Å²) in [5.74, 6) is 0.162. The van der Waals surface area contributed by atoms with Gasteiger partial charge in [-0.05, 0) is 18.2 Å². The van der Waals surface area contributed by atoms with Gasteiger partial charge in [0.05, 0.1) is 7.11 Å². The first-order valence-corrected chi connectivity index (χ1v) is 4.77. The van der Waals surface area contributed by atoms with Crippen molar-refractivity contribution in [1.82, 2.24) is 0 Å². The van der Waals surface area contributed by atoms with E-state index in [4.69, 9.17) is 10.00 Å². The topological polar surface area (TPSA) is 53.2 Å². The van der Waals surface area contributed by atoms with Crippen LogP contribution < -0.4 is 4.74 Å². The van der Waals surface area contributed by atoms with E-state index in [1.54, 1.807) is 18.2 Å². The molecule has 3 nitrogen and oxygen atoms in total. The zero-order valence-electron chi connectivity index (χ0n) is 7.44. The largest absolute Gasteiger partial charge is 0.508 e. The number of methoxy groups -OCH3 is 1. The van der Waals surface area contributed by atoms with Gasteiger partial charge in [-0.25, -0.2) is 0 Å². The van der Waals surface area contributed by atoms with Crippen molar-refractivity contribution in [3.63, 3.8) is 0 Å². The molecule has 4 heteroatoms. The number of hydrogen-bond acceptors (Lipinski definition) is 4. The van der Waals surface area contributed by atoms with Crippen LogP contribution in [0.25, 0.3) is 10.1 Å². The average Bonchev–Trinajstić information content (AvgIpc) is 2.54. The highest BCUT2D eigenvalue weighted by atomic mass is 32.1. The third-order valence-electron chi connectivity index (χ3n) is 1.94. The number of phenols is 1. The lowest BCUT2D eigenvalue weighted by Gasteiger charge is -1.93. The molecule has 0 radical (unpaired) electrons. The average molecular weight is 205 g/mol. The maximum absolute atomic E-state index is 9.29. The van der Waals surface area contributed by atoms with Gasteiger partial charge in [-0.2, -0.15) is 5.26 Å². The number of benzene rings is 1. The monoisotopic (exact) mass is 205 g/mol. The molecular formula is C10H7NO2S. The molecule has 70 valence electrons. The zero-order chi connectivity index (χ0) is 10.1. The Morgan fingerprint density at radius 2 is 2.29 bits per heavy atom. The molecule has 1 heterocycles. The van der Waals surface area contributed by atoms with Gasteiger partial charge in [0.25, 0.3) is 0 Å². The van der Waals surface area contributed by atoms with Crippen LogP contribution in [-0.2, 0) is 0 Å². The summed E-state index contributed by atoms with van der Waals surface area (Å²) in [7, 11) is 1.53. The summed E-state index contributed by atoms with van der Waals surface area (Å²) < 4.78 is 6.02. The lowest BCUT2D eigenvalue weighted by molar-refractivity contribution is 0.426. The van der Waals surface area contributed by atoms with Crippen molar-refractivity contribution in [2.75, 3.05) is 7.11 Å². The molecule has 1 aromatic carbocycles. The first-order valence-electron chi connectivity index (χ1n) is 3.96. The van der Waals surface area contributed by atoms with Gasteiger partial charge in [0, 0.05) is 10.1 Å². The number of thiophene rings is 1. The quantitative estimate of drug-likeness (QED) is 0.778. The predicted octanol–water partition coefficient (Wildman–Crippen LogP) is 2.49. The number of nitriles is 1. The summed E-state index contributed by atoms with van der Waals surface area (Å²) in [5, 5.41) is 19.5. The number of aromatic hydroxyl groups is 1. The fourth-order valence-corrected chi connectivity index (χ4v) is 2.26. The number of ether oxygens (including phenoxy) is 1. The second-order valence-electron chi connectivity index (χ2n) is 2.76. The number of rotatable bonds is 1. The van der Waals surface area contributed by atoms with E-state index in [0.29, 0.717) is 10.6 Å². The van der Waals surface area contributed by atoms with Gasteiger partial charge in [0.1, 0.15) is 17.4 Å². The lowest BCUT2D eigenvalue weighted by atomic mass is 10.2. The second-order valence-corrected chi connectivity index (χ2v) is 3.78. The Balaban J connectivity index is 2.83. The van der Waals surface area contributed by atoms with E-state index in [1.165, 1.54) is 18.4 Å². The molecule has 0 amide bonds. The van der Waals surface area contributed by atoms with Crippen molar-refractivity contribution in [2.45, 2.75) is 0 Å². The molecule has 0 fully saturated rings. The van der Waals surface area contributed by atoms with Crippen molar-refractivity contribution in [3.05, 3.63) is 23.8 Å². The Bertz CT molecular complexity index is 525. The van der Waals surface area contributed by atoms with E-state index in [-0.39, 0.29) is 5.75 Å². The Morgan fingerprint density at radius 3 is 2.93 bits per heavy atom. The van der Waals surface area contributed by atoms with E-state index < -0.39 is 0 Å². The summed E-state index contributed by atoms with van der Waals surface area (Å²) in [6.45, 7) is 0. The molecule has 0 unspecified atom stereocenters. The van der Waals surface area contributed by atoms with Gasteiger partial charge in [-0.1, -0.05) is 11.3 Å². The number of phenolic OH excluding ortho intramolecular Hbond substituents is 1. The number of fused-ring (bicyclic) bond motifs is 1. The van der Waals surface area contributed by atoms with Gasteiger partial charge in [-0.3, -0.25) is 0 Å². The van der Waals surface area contributed by atoms with E-state index in [1.807, 2.05) is 0 Å². The highest BCUT2D eigenvalue weighted by Gasteiger charge is 2.12. The first-order chi connectivity index (χ1) is 6.76. The van der Waals surface area contributed by atoms with Crippen LogP contribution in [-0.4, -0.2) is 12.2 Å². The Kier molecular flexibility index (Phi) is 2.02. The van der Waals surface area contributed by atoms with Crippen LogP contribution in [0.3, 0.4) is 0 Å². The van der Waals surface area contributed by atoms with Crippen LogP contribution in [0.2, 0.25) is 0 Å². The number of nitrogens with zero attached hydrogens (tertiary/aromatic N) is 1. The minimum Gasteiger partial charge on any atom is -0.508 e.